The molecular weight excluding hydrogens is 356 g/mol. The third-order valence-corrected chi connectivity index (χ3v) is 4.21. The number of hydrogen-bond acceptors (Lipinski definition) is 5. The summed E-state index contributed by atoms with van der Waals surface area (Å²) in [5, 5.41) is 16.6. The van der Waals surface area contributed by atoms with Crippen molar-refractivity contribution >= 4 is 41.0 Å². The van der Waals surface area contributed by atoms with Crippen molar-refractivity contribution in [2.75, 3.05) is 12.1 Å². The first-order chi connectivity index (χ1) is 12.4. The summed E-state index contributed by atoms with van der Waals surface area (Å²) in [5.41, 5.74) is 1.81. The predicted molar refractivity (Wildman–Crippen MR) is 97.3 cm³/mol. The van der Waals surface area contributed by atoms with Crippen molar-refractivity contribution in [2.24, 2.45) is 5.10 Å². The lowest BCUT2D eigenvalue weighted by molar-refractivity contribution is -0.255. The van der Waals surface area contributed by atoms with Gasteiger partial charge in [-0.05, 0) is 48.9 Å². The second-order valence-electron chi connectivity index (χ2n) is 5.59. The molecule has 0 radical (unpaired) electrons. The second kappa shape index (κ2) is 7.01. The van der Waals surface area contributed by atoms with Crippen LogP contribution in [0.3, 0.4) is 0 Å². The van der Waals surface area contributed by atoms with E-state index in [1.165, 1.54) is 18.2 Å². The van der Waals surface area contributed by atoms with E-state index >= 15 is 0 Å². The molecule has 2 aromatic carbocycles. The Balaban J connectivity index is 1.97. The zero-order valence-corrected chi connectivity index (χ0v) is 14.8. The number of amides is 1. The molecule has 0 unspecified atom stereocenters. The van der Waals surface area contributed by atoms with Gasteiger partial charge in [-0.3, -0.25) is 4.79 Å². The molecule has 0 bridgehead atoms. The zero-order chi connectivity index (χ0) is 18.8. The fraction of sp³-hybridized carbons (Fsp3) is 0.105. The second-order valence-corrected chi connectivity index (χ2v) is 6.00. The largest absolute Gasteiger partial charge is 0.545 e. The summed E-state index contributed by atoms with van der Waals surface area (Å²) in [5.74, 6) is -1.11. The smallest absolute Gasteiger partial charge is 0.280 e. The lowest BCUT2D eigenvalue weighted by Crippen LogP contribution is -2.25. The van der Waals surface area contributed by atoms with Gasteiger partial charge in [-0.15, -0.1) is 0 Å². The van der Waals surface area contributed by atoms with E-state index in [1.807, 2.05) is 12.1 Å². The topological polar surface area (TPSA) is 82.0 Å². The van der Waals surface area contributed by atoms with E-state index in [1.54, 1.807) is 32.2 Å². The maximum absolute atomic E-state index is 12.8. The number of ether oxygens (including phenoxy) is 1. The minimum Gasteiger partial charge on any atom is -0.545 e. The molecule has 0 saturated heterocycles. The number of carboxylic acid groups (broad SMARTS) is 1. The molecule has 2 aromatic rings. The van der Waals surface area contributed by atoms with Crippen LogP contribution in [0.5, 0.6) is 5.75 Å². The first-order valence-electron chi connectivity index (χ1n) is 7.67. The predicted octanol–water partition coefficient (Wildman–Crippen LogP) is 2.52. The molecule has 132 valence electrons. The fourth-order valence-electron chi connectivity index (χ4n) is 2.56. The number of nitrogens with zero attached hydrogens (tertiary/aromatic N) is 2. The van der Waals surface area contributed by atoms with Gasteiger partial charge < -0.3 is 14.6 Å². The molecule has 0 atom stereocenters. The van der Waals surface area contributed by atoms with E-state index in [4.69, 9.17) is 16.3 Å². The molecule has 0 saturated carbocycles. The van der Waals surface area contributed by atoms with Crippen LogP contribution in [-0.4, -0.2) is 24.7 Å². The lowest BCUT2D eigenvalue weighted by atomic mass is 10.1. The average molecular weight is 370 g/mol. The van der Waals surface area contributed by atoms with Crippen LogP contribution >= 0.6 is 11.6 Å². The summed E-state index contributed by atoms with van der Waals surface area (Å²) in [6.45, 7) is 1.71. The molecule has 0 fully saturated rings. The molecule has 1 heterocycles. The Bertz CT molecular complexity index is 966. The Labute approximate surface area is 155 Å². The zero-order valence-electron chi connectivity index (χ0n) is 14.0. The van der Waals surface area contributed by atoms with Crippen LogP contribution in [0.15, 0.2) is 53.1 Å². The highest BCUT2D eigenvalue weighted by atomic mass is 35.5. The fourth-order valence-corrected chi connectivity index (χ4v) is 2.75. The van der Waals surface area contributed by atoms with Gasteiger partial charge in [-0.25, -0.2) is 0 Å². The summed E-state index contributed by atoms with van der Waals surface area (Å²) in [6, 6.07) is 11.5. The van der Waals surface area contributed by atoms with Gasteiger partial charge in [0.25, 0.3) is 5.91 Å². The van der Waals surface area contributed by atoms with Crippen LogP contribution in [0.25, 0.3) is 6.08 Å². The lowest BCUT2D eigenvalue weighted by Gasteiger charge is -2.14. The Morgan fingerprint density at radius 2 is 2.04 bits per heavy atom. The molecule has 1 aliphatic rings. The Morgan fingerprint density at radius 3 is 2.73 bits per heavy atom. The molecule has 3 rings (SSSR count). The highest BCUT2D eigenvalue weighted by Gasteiger charge is 2.29. The van der Waals surface area contributed by atoms with Crippen LogP contribution in [0.4, 0.5) is 5.69 Å². The van der Waals surface area contributed by atoms with E-state index in [0.717, 1.165) is 10.6 Å². The van der Waals surface area contributed by atoms with E-state index in [0.29, 0.717) is 22.7 Å². The number of carbonyl (C=O) groups is 2. The van der Waals surface area contributed by atoms with Crippen molar-refractivity contribution in [2.45, 2.75) is 6.92 Å². The van der Waals surface area contributed by atoms with Crippen LogP contribution in [-0.2, 0) is 4.79 Å². The van der Waals surface area contributed by atoms with Crippen molar-refractivity contribution < 1.29 is 19.4 Å². The number of benzene rings is 2. The normalized spacial score (nSPS) is 15.3. The molecule has 1 amide bonds. The van der Waals surface area contributed by atoms with E-state index in [9.17, 15) is 14.7 Å². The summed E-state index contributed by atoms with van der Waals surface area (Å²) < 4.78 is 5.18. The average Bonchev–Trinajstić information content (AvgIpc) is 2.90. The molecule has 0 N–H and O–H groups in total. The third kappa shape index (κ3) is 3.32. The summed E-state index contributed by atoms with van der Waals surface area (Å²) >= 11 is 5.84. The van der Waals surface area contributed by atoms with Gasteiger partial charge in [0.05, 0.1) is 30.1 Å². The molecule has 0 aliphatic carbocycles. The standard InChI is InChI=1S/C19H15ClN2O4/c1-11-15(9-12-4-3-5-14(8-12)26-2)18(23)22(21-11)13-6-7-17(20)16(10-13)19(24)25/h3-10H,1-2H3,(H,24,25)/p-1/b15-9-. The molecule has 0 spiro atoms. The summed E-state index contributed by atoms with van der Waals surface area (Å²) in [7, 11) is 1.57. The van der Waals surface area contributed by atoms with E-state index in [-0.39, 0.29) is 16.5 Å². The van der Waals surface area contributed by atoms with Gasteiger partial charge in [0.2, 0.25) is 0 Å². The highest BCUT2D eigenvalue weighted by Crippen LogP contribution is 2.28. The van der Waals surface area contributed by atoms with Gasteiger partial charge in [0, 0.05) is 10.6 Å². The van der Waals surface area contributed by atoms with Crippen LogP contribution in [0.1, 0.15) is 22.8 Å². The monoisotopic (exact) mass is 369 g/mol. The molecule has 26 heavy (non-hydrogen) atoms. The third-order valence-electron chi connectivity index (χ3n) is 3.88. The minimum atomic E-state index is -1.42. The molecule has 0 aromatic heterocycles. The first-order valence-corrected chi connectivity index (χ1v) is 8.05. The Morgan fingerprint density at radius 1 is 1.27 bits per heavy atom. The molecule has 7 heteroatoms. The van der Waals surface area contributed by atoms with Gasteiger partial charge in [-0.1, -0.05) is 23.7 Å². The molecule has 1 aliphatic heterocycles. The van der Waals surface area contributed by atoms with Crippen molar-refractivity contribution in [3.8, 4) is 5.75 Å². The summed E-state index contributed by atoms with van der Waals surface area (Å²) in [6.07, 6.45) is 1.71. The van der Waals surface area contributed by atoms with Crippen LogP contribution < -0.4 is 14.9 Å². The van der Waals surface area contributed by atoms with Crippen molar-refractivity contribution in [3.63, 3.8) is 0 Å². The number of aromatic carboxylic acids is 1. The number of rotatable bonds is 4. The van der Waals surface area contributed by atoms with Gasteiger partial charge in [0.1, 0.15) is 5.75 Å². The maximum Gasteiger partial charge on any atom is 0.280 e. The number of carbonyl (C=O) groups excluding carboxylic acids is 2. The number of anilines is 1. The number of methoxy groups -OCH3 is 1. The van der Waals surface area contributed by atoms with Crippen molar-refractivity contribution in [1.82, 2.24) is 0 Å². The first kappa shape index (κ1) is 17.7. The highest BCUT2D eigenvalue weighted by molar-refractivity contribution is 6.34. The SMILES string of the molecule is COc1cccc(/C=C2\C(=O)N(c3ccc(Cl)c(C(=O)[O-])c3)N=C2C)c1. The van der Waals surface area contributed by atoms with Crippen LogP contribution in [0.2, 0.25) is 5.02 Å². The quantitative estimate of drug-likeness (QED) is 0.775. The van der Waals surface area contributed by atoms with Gasteiger partial charge in [-0.2, -0.15) is 10.1 Å². The van der Waals surface area contributed by atoms with E-state index < -0.39 is 5.97 Å². The maximum atomic E-state index is 12.8. The van der Waals surface area contributed by atoms with E-state index in [2.05, 4.69) is 5.10 Å². The van der Waals surface area contributed by atoms with Crippen LogP contribution in [0, 0.1) is 0 Å². The number of hydrogen-bond donors (Lipinski definition) is 0. The number of carboxylic acids is 1. The number of halogens is 1. The summed E-state index contributed by atoms with van der Waals surface area (Å²) in [4.78, 5) is 23.9. The van der Waals surface area contributed by atoms with Gasteiger partial charge in [0.15, 0.2) is 0 Å². The van der Waals surface area contributed by atoms with Crippen molar-refractivity contribution in [3.05, 3.63) is 64.2 Å². The number of hydrazone groups is 1. The van der Waals surface area contributed by atoms with Crippen molar-refractivity contribution in [1.29, 1.82) is 0 Å². The molecular formula is C19H14ClN2O4-. The Hall–Kier alpha value is -3.12. The van der Waals surface area contributed by atoms with Gasteiger partial charge >= 0.3 is 0 Å². The molecule has 6 nitrogen and oxygen atoms in total. The minimum absolute atomic E-state index is 0.0354. The Kier molecular flexibility index (Phi) is 4.77.